The Morgan fingerprint density at radius 3 is 2.86 bits per heavy atom. The lowest BCUT2D eigenvalue weighted by atomic mass is 9.85. The first-order valence-electron chi connectivity index (χ1n) is 9.77. The van der Waals surface area contributed by atoms with Gasteiger partial charge in [0.15, 0.2) is 0 Å². The highest BCUT2D eigenvalue weighted by Gasteiger charge is 2.42. The summed E-state index contributed by atoms with van der Waals surface area (Å²) in [6, 6.07) is 1.96. The molecule has 1 saturated heterocycles. The molecule has 2 aliphatic heterocycles. The van der Waals surface area contributed by atoms with Crippen molar-refractivity contribution in [1.82, 2.24) is 19.9 Å². The van der Waals surface area contributed by atoms with Crippen molar-refractivity contribution < 1.29 is 18.6 Å². The molecule has 6 nitrogen and oxygen atoms in total. The second-order valence-corrected chi connectivity index (χ2v) is 8.95. The highest BCUT2D eigenvalue weighted by molar-refractivity contribution is 7.12. The van der Waals surface area contributed by atoms with E-state index in [1.54, 1.807) is 11.6 Å². The van der Waals surface area contributed by atoms with Crippen LogP contribution in [0, 0.1) is 0 Å². The number of aliphatic hydroxyl groups excluding tert-OH is 1. The summed E-state index contributed by atoms with van der Waals surface area (Å²) >= 11 is 1.51. The summed E-state index contributed by atoms with van der Waals surface area (Å²) in [5.41, 5.74) is 1.76. The van der Waals surface area contributed by atoms with Crippen LogP contribution in [0.2, 0.25) is 0 Å². The standard InChI is InChI=1S/C19H26F2N4O2S/c1-13(26)10-25-12-15(22-23-25)11-24-5-3-19(4-6-24)18-14(2-7-27-19)8-16(28-18)9-17(20)21/h8,12-13,17,26H,2-7,9-11H2,1H3. The molecule has 4 heterocycles. The van der Waals surface area contributed by atoms with Crippen molar-refractivity contribution in [3.63, 3.8) is 0 Å². The van der Waals surface area contributed by atoms with Gasteiger partial charge in [-0.1, -0.05) is 5.21 Å². The Labute approximate surface area is 167 Å². The van der Waals surface area contributed by atoms with E-state index in [9.17, 15) is 13.9 Å². The van der Waals surface area contributed by atoms with Crippen molar-refractivity contribution in [3.8, 4) is 0 Å². The lowest BCUT2D eigenvalue weighted by molar-refractivity contribution is -0.0961. The van der Waals surface area contributed by atoms with E-state index >= 15 is 0 Å². The van der Waals surface area contributed by atoms with Crippen molar-refractivity contribution in [2.45, 2.75) is 63.8 Å². The first-order valence-corrected chi connectivity index (χ1v) is 10.6. The normalized spacial score (nSPS) is 20.6. The number of ether oxygens (including phenoxy) is 1. The molecule has 0 amide bonds. The van der Waals surface area contributed by atoms with E-state index in [-0.39, 0.29) is 12.0 Å². The van der Waals surface area contributed by atoms with Crippen LogP contribution >= 0.6 is 11.3 Å². The van der Waals surface area contributed by atoms with Gasteiger partial charge < -0.3 is 9.84 Å². The predicted molar refractivity (Wildman–Crippen MR) is 102 cm³/mol. The lowest BCUT2D eigenvalue weighted by Crippen LogP contribution is -2.45. The molecule has 1 atom stereocenters. The molecule has 28 heavy (non-hydrogen) atoms. The quantitative estimate of drug-likeness (QED) is 0.790. The largest absolute Gasteiger partial charge is 0.391 e. The number of fused-ring (bicyclic) bond motifs is 2. The van der Waals surface area contributed by atoms with Gasteiger partial charge >= 0.3 is 0 Å². The second kappa shape index (κ2) is 8.14. The minimum atomic E-state index is -2.30. The van der Waals surface area contributed by atoms with E-state index in [0.717, 1.165) is 47.8 Å². The van der Waals surface area contributed by atoms with E-state index in [1.807, 2.05) is 12.3 Å². The minimum Gasteiger partial charge on any atom is -0.391 e. The SMILES string of the molecule is CC(O)Cn1cc(CN2CCC3(CC2)OCCc2cc(CC(F)F)sc23)nn1. The zero-order valence-corrected chi connectivity index (χ0v) is 16.8. The molecule has 2 aromatic rings. The number of halogens is 2. The number of nitrogens with zero attached hydrogens (tertiary/aromatic N) is 4. The number of alkyl halides is 2. The zero-order valence-electron chi connectivity index (χ0n) is 16.0. The molecular formula is C19H26F2N4O2S. The average Bonchev–Trinajstić information content (AvgIpc) is 3.23. The summed E-state index contributed by atoms with van der Waals surface area (Å²) in [5, 5.41) is 17.7. The Hall–Kier alpha value is -1.42. The maximum Gasteiger partial charge on any atom is 0.243 e. The van der Waals surface area contributed by atoms with Gasteiger partial charge in [0.2, 0.25) is 6.43 Å². The number of rotatable bonds is 6. The summed E-state index contributed by atoms with van der Waals surface area (Å²) in [7, 11) is 0. The molecule has 0 radical (unpaired) electrons. The Bertz CT molecular complexity index is 800. The molecule has 0 aliphatic carbocycles. The maximum atomic E-state index is 12.8. The van der Waals surface area contributed by atoms with Crippen molar-refractivity contribution in [3.05, 3.63) is 33.3 Å². The minimum absolute atomic E-state index is 0.165. The molecule has 2 aromatic heterocycles. The van der Waals surface area contributed by atoms with Crippen LogP contribution in [0.15, 0.2) is 12.3 Å². The average molecular weight is 413 g/mol. The summed E-state index contributed by atoms with van der Waals surface area (Å²) in [4.78, 5) is 4.26. The maximum absolute atomic E-state index is 12.8. The van der Waals surface area contributed by atoms with Gasteiger partial charge in [-0.15, -0.1) is 16.4 Å². The first kappa shape index (κ1) is 19.9. The highest BCUT2D eigenvalue weighted by Crippen LogP contribution is 2.45. The first-order chi connectivity index (χ1) is 13.4. The van der Waals surface area contributed by atoms with Crippen molar-refractivity contribution in [1.29, 1.82) is 0 Å². The molecule has 1 N–H and O–H groups in total. The lowest BCUT2D eigenvalue weighted by Gasteiger charge is -2.43. The summed E-state index contributed by atoms with van der Waals surface area (Å²) in [6.45, 7) is 5.26. The van der Waals surface area contributed by atoms with Crippen molar-refractivity contribution in [2.24, 2.45) is 0 Å². The number of thiophene rings is 1. The van der Waals surface area contributed by atoms with Gasteiger partial charge in [-0.2, -0.15) is 0 Å². The fourth-order valence-electron chi connectivity index (χ4n) is 4.18. The monoisotopic (exact) mass is 412 g/mol. The zero-order chi connectivity index (χ0) is 19.7. The Kier molecular flexibility index (Phi) is 5.78. The fraction of sp³-hybridized carbons (Fsp3) is 0.684. The van der Waals surface area contributed by atoms with Gasteiger partial charge in [-0.25, -0.2) is 13.5 Å². The summed E-state index contributed by atoms with van der Waals surface area (Å²) in [5.74, 6) is 0. The van der Waals surface area contributed by atoms with E-state index in [0.29, 0.717) is 19.7 Å². The number of aliphatic hydroxyl groups is 1. The third kappa shape index (κ3) is 4.27. The molecule has 1 spiro atoms. The molecule has 9 heteroatoms. The van der Waals surface area contributed by atoms with Crippen LogP contribution < -0.4 is 0 Å². The smallest absolute Gasteiger partial charge is 0.243 e. The number of hydrogen-bond acceptors (Lipinski definition) is 6. The molecule has 0 bridgehead atoms. The molecule has 0 saturated carbocycles. The Balaban J connectivity index is 1.40. The number of hydrogen-bond donors (Lipinski definition) is 1. The third-order valence-electron chi connectivity index (χ3n) is 5.47. The molecular weight excluding hydrogens is 386 g/mol. The van der Waals surface area contributed by atoms with E-state index in [4.69, 9.17) is 4.74 Å². The third-order valence-corrected chi connectivity index (χ3v) is 6.85. The van der Waals surface area contributed by atoms with Crippen LogP contribution in [0.4, 0.5) is 8.78 Å². The summed E-state index contributed by atoms with van der Waals surface area (Å²) < 4.78 is 33.5. The molecule has 1 unspecified atom stereocenters. The van der Waals surface area contributed by atoms with Crippen LogP contribution in [0.1, 0.15) is 40.8 Å². The number of aromatic nitrogens is 3. The number of piperidine rings is 1. The van der Waals surface area contributed by atoms with Crippen molar-refractivity contribution >= 4 is 11.3 Å². The van der Waals surface area contributed by atoms with Crippen LogP contribution in [0.25, 0.3) is 0 Å². The molecule has 2 aliphatic rings. The molecule has 0 aromatic carbocycles. The predicted octanol–water partition coefficient (Wildman–Crippen LogP) is 2.59. The van der Waals surface area contributed by atoms with Gasteiger partial charge in [0.1, 0.15) is 5.60 Å². The Morgan fingerprint density at radius 1 is 1.36 bits per heavy atom. The Morgan fingerprint density at radius 2 is 2.14 bits per heavy atom. The van der Waals surface area contributed by atoms with E-state index in [1.165, 1.54) is 16.9 Å². The van der Waals surface area contributed by atoms with E-state index < -0.39 is 12.5 Å². The highest BCUT2D eigenvalue weighted by atomic mass is 32.1. The van der Waals surface area contributed by atoms with Gasteiger partial charge in [-0.3, -0.25) is 4.90 Å². The van der Waals surface area contributed by atoms with Gasteiger partial charge in [-0.05, 0) is 37.8 Å². The molecule has 4 rings (SSSR count). The van der Waals surface area contributed by atoms with Gasteiger partial charge in [0.25, 0.3) is 0 Å². The fourth-order valence-corrected chi connectivity index (χ4v) is 5.59. The molecule has 1 fully saturated rings. The van der Waals surface area contributed by atoms with Crippen LogP contribution in [0.3, 0.4) is 0 Å². The van der Waals surface area contributed by atoms with Crippen LogP contribution in [-0.4, -0.2) is 57.2 Å². The second-order valence-electron chi connectivity index (χ2n) is 7.81. The van der Waals surface area contributed by atoms with Gasteiger partial charge in [0.05, 0.1) is 24.9 Å². The number of likely N-dealkylation sites (tertiary alicyclic amines) is 1. The van der Waals surface area contributed by atoms with E-state index in [2.05, 4.69) is 15.2 Å². The molecule has 154 valence electrons. The van der Waals surface area contributed by atoms with Crippen LogP contribution in [-0.2, 0) is 36.3 Å². The van der Waals surface area contributed by atoms with Gasteiger partial charge in [0, 0.05) is 42.0 Å². The summed E-state index contributed by atoms with van der Waals surface area (Å²) in [6.07, 6.45) is 1.48. The van der Waals surface area contributed by atoms with Crippen molar-refractivity contribution in [2.75, 3.05) is 19.7 Å². The van der Waals surface area contributed by atoms with Crippen LogP contribution in [0.5, 0.6) is 0 Å². The topological polar surface area (TPSA) is 63.4 Å².